The second kappa shape index (κ2) is 8.44. The molecule has 1 heterocycles. The second-order valence-corrected chi connectivity index (χ2v) is 4.98. The van der Waals surface area contributed by atoms with Gasteiger partial charge in [0.1, 0.15) is 0 Å². The van der Waals surface area contributed by atoms with Crippen molar-refractivity contribution in [2.75, 3.05) is 32.9 Å². The number of ether oxygens (including phenoxy) is 2. The summed E-state index contributed by atoms with van der Waals surface area (Å²) in [6, 6.07) is 2.37. The SMILES string of the molecule is CC(C)N(CC#N)CC(O)COC1CCOCC1. The Balaban J connectivity index is 2.22. The number of nitriles is 1. The summed E-state index contributed by atoms with van der Waals surface area (Å²) < 4.78 is 10.9. The maximum absolute atomic E-state index is 9.92. The van der Waals surface area contributed by atoms with Gasteiger partial charge in [-0.3, -0.25) is 4.90 Å². The normalized spacial score (nSPS) is 19.1. The first-order valence-electron chi connectivity index (χ1n) is 6.62. The van der Waals surface area contributed by atoms with Crippen molar-refractivity contribution in [2.45, 2.75) is 44.9 Å². The predicted octanol–water partition coefficient (Wildman–Crippen LogP) is 0.777. The summed E-state index contributed by atoms with van der Waals surface area (Å²) in [6.07, 6.45) is 1.47. The van der Waals surface area contributed by atoms with Gasteiger partial charge in [0.2, 0.25) is 0 Å². The molecule has 1 fully saturated rings. The molecule has 0 bridgehead atoms. The highest BCUT2D eigenvalue weighted by Gasteiger charge is 2.18. The molecule has 1 atom stereocenters. The topological polar surface area (TPSA) is 65.7 Å². The molecule has 1 aliphatic rings. The number of aliphatic hydroxyl groups is 1. The van der Waals surface area contributed by atoms with Crippen molar-refractivity contribution in [3.63, 3.8) is 0 Å². The Kier molecular flexibility index (Phi) is 7.21. The van der Waals surface area contributed by atoms with Crippen molar-refractivity contribution < 1.29 is 14.6 Å². The van der Waals surface area contributed by atoms with Crippen LogP contribution in [0.15, 0.2) is 0 Å². The van der Waals surface area contributed by atoms with Crippen molar-refractivity contribution in [1.82, 2.24) is 4.90 Å². The number of hydrogen-bond donors (Lipinski definition) is 1. The molecule has 5 heteroatoms. The molecule has 0 aromatic carbocycles. The average Bonchev–Trinajstić information content (AvgIpc) is 2.37. The zero-order valence-corrected chi connectivity index (χ0v) is 11.3. The van der Waals surface area contributed by atoms with E-state index in [0.29, 0.717) is 19.7 Å². The lowest BCUT2D eigenvalue weighted by Crippen LogP contribution is -2.40. The highest BCUT2D eigenvalue weighted by molar-refractivity contribution is 4.80. The summed E-state index contributed by atoms with van der Waals surface area (Å²) in [6.45, 7) is 6.67. The van der Waals surface area contributed by atoms with Crippen LogP contribution in [-0.4, -0.2) is 61.2 Å². The molecule has 1 saturated heterocycles. The van der Waals surface area contributed by atoms with Crippen molar-refractivity contribution in [3.8, 4) is 6.07 Å². The van der Waals surface area contributed by atoms with E-state index in [4.69, 9.17) is 14.7 Å². The maximum atomic E-state index is 9.92. The first kappa shape index (κ1) is 15.4. The molecule has 0 aliphatic carbocycles. The number of aliphatic hydroxyl groups excluding tert-OH is 1. The van der Waals surface area contributed by atoms with Crippen LogP contribution in [0.4, 0.5) is 0 Å². The summed E-state index contributed by atoms with van der Waals surface area (Å²) in [7, 11) is 0. The minimum atomic E-state index is -0.538. The van der Waals surface area contributed by atoms with Gasteiger partial charge in [-0.1, -0.05) is 0 Å². The largest absolute Gasteiger partial charge is 0.389 e. The number of hydrogen-bond acceptors (Lipinski definition) is 5. The molecule has 0 radical (unpaired) electrons. The monoisotopic (exact) mass is 256 g/mol. The zero-order valence-electron chi connectivity index (χ0n) is 11.3. The first-order chi connectivity index (χ1) is 8.63. The van der Waals surface area contributed by atoms with Gasteiger partial charge in [-0.25, -0.2) is 0 Å². The van der Waals surface area contributed by atoms with Gasteiger partial charge in [-0.05, 0) is 26.7 Å². The zero-order chi connectivity index (χ0) is 13.4. The Morgan fingerprint density at radius 2 is 2.11 bits per heavy atom. The molecule has 1 unspecified atom stereocenters. The maximum Gasteiger partial charge on any atom is 0.0900 e. The fourth-order valence-electron chi connectivity index (χ4n) is 1.96. The smallest absolute Gasteiger partial charge is 0.0900 e. The summed E-state index contributed by atoms with van der Waals surface area (Å²) >= 11 is 0. The highest BCUT2D eigenvalue weighted by atomic mass is 16.5. The fraction of sp³-hybridized carbons (Fsp3) is 0.923. The van der Waals surface area contributed by atoms with Gasteiger partial charge in [0.05, 0.1) is 31.4 Å². The standard InChI is InChI=1S/C13H24N2O3/c1-11(2)15(6-5-14)9-12(16)10-18-13-3-7-17-8-4-13/h11-13,16H,3-4,6-10H2,1-2H3. The van der Waals surface area contributed by atoms with E-state index in [1.807, 2.05) is 18.7 Å². The molecular formula is C13H24N2O3. The Bertz CT molecular complexity index is 259. The molecule has 0 spiro atoms. The lowest BCUT2D eigenvalue weighted by Gasteiger charge is -2.28. The molecule has 1 rings (SSSR count). The van der Waals surface area contributed by atoms with Crippen molar-refractivity contribution in [2.24, 2.45) is 0 Å². The van der Waals surface area contributed by atoms with Gasteiger partial charge in [-0.15, -0.1) is 0 Å². The van der Waals surface area contributed by atoms with Crippen LogP contribution in [0.1, 0.15) is 26.7 Å². The van der Waals surface area contributed by atoms with Crippen LogP contribution in [-0.2, 0) is 9.47 Å². The van der Waals surface area contributed by atoms with Crippen molar-refractivity contribution in [3.05, 3.63) is 0 Å². The van der Waals surface area contributed by atoms with E-state index in [-0.39, 0.29) is 12.1 Å². The number of nitrogens with zero attached hydrogens (tertiary/aromatic N) is 2. The van der Waals surface area contributed by atoms with Crippen molar-refractivity contribution in [1.29, 1.82) is 5.26 Å². The summed E-state index contributed by atoms with van der Waals surface area (Å²) in [5.74, 6) is 0. The lowest BCUT2D eigenvalue weighted by molar-refractivity contribution is -0.0647. The Labute approximate surface area is 109 Å². The number of rotatable bonds is 7. The van der Waals surface area contributed by atoms with Crippen molar-refractivity contribution >= 4 is 0 Å². The van der Waals surface area contributed by atoms with Crippen LogP contribution < -0.4 is 0 Å². The van der Waals surface area contributed by atoms with E-state index in [1.54, 1.807) is 0 Å². The van der Waals surface area contributed by atoms with Gasteiger partial charge in [-0.2, -0.15) is 5.26 Å². The van der Waals surface area contributed by atoms with Gasteiger partial charge >= 0.3 is 0 Å². The van der Waals surface area contributed by atoms with Crippen LogP contribution in [0.5, 0.6) is 0 Å². The molecule has 0 amide bonds. The Morgan fingerprint density at radius 1 is 1.44 bits per heavy atom. The van der Waals surface area contributed by atoms with Crippen LogP contribution >= 0.6 is 0 Å². The molecule has 1 aliphatic heterocycles. The van der Waals surface area contributed by atoms with Gasteiger partial charge < -0.3 is 14.6 Å². The van der Waals surface area contributed by atoms with Gasteiger partial charge in [0.25, 0.3) is 0 Å². The van der Waals surface area contributed by atoms with Crippen LogP contribution in [0.3, 0.4) is 0 Å². The molecule has 5 nitrogen and oxygen atoms in total. The van der Waals surface area contributed by atoms with Crippen LogP contribution in [0, 0.1) is 11.3 Å². The lowest BCUT2D eigenvalue weighted by atomic mass is 10.1. The van der Waals surface area contributed by atoms with E-state index < -0.39 is 6.10 Å². The summed E-state index contributed by atoms with van der Waals surface area (Å²) in [4.78, 5) is 1.94. The quantitative estimate of drug-likeness (QED) is 0.682. The van der Waals surface area contributed by atoms with Crippen LogP contribution in [0.25, 0.3) is 0 Å². The molecule has 0 aromatic rings. The molecule has 104 valence electrons. The first-order valence-corrected chi connectivity index (χ1v) is 6.62. The molecule has 0 saturated carbocycles. The van der Waals surface area contributed by atoms with E-state index >= 15 is 0 Å². The third-order valence-corrected chi connectivity index (χ3v) is 3.14. The van der Waals surface area contributed by atoms with E-state index in [9.17, 15) is 5.11 Å². The molecular weight excluding hydrogens is 232 g/mol. The predicted molar refractivity (Wildman–Crippen MR) is 68.1 cm³/mol. The molecule has 18 heavy (non-hydrogen) atoms. The Morgan fingerprint density at radius 3 is 2.67 bits per heavy atom. The van der Waals surface area contributed by atoms with E-state index in [2.05, 4.69) is 6.07 Å². The second-order valence-electron chi connectivity index (χ2n) is 4.98. The van der Waals surface area contributed by atoms with Gasteiger partial charge in [0.15, 0.2) is 0 Å². The average molecular weight is 256 g/mol. The highest BCUT2D eigenvalue weighted by Crippen LogP contribution is 2.11. The summed E-state index contributed by atoms with van der Waals surface area (Å²) in [5.41, 5.74) is 0. The fourth-order valence-corrected chi connectivity index (χ4v) is 1.96. The van der Waals surface area contributed by atoms with E-state index in [1.165, 1.54) is 0 Å². The van der Waals surface area contributed by atoms with E-state index in [0.717, 1.165) is 26.1 Å². The van der Waals surface area contributed by atoms with Gasteiger partial charge in [0, 0.05) is 25.8 Å². The van der Waals surface area contributed by atoms with Crippen LogP contribution in [0.2, 0.25) is 0 Å². The summed E-state index contributed by atoms with van der Waals surface area (Å²) in [5, 5.41) is 18.6. The Hall–Kier alpha value is -0.670. The molecule has 1 N–H and O–H groups in total. The molecule has 0 aromatic heterocycles. The third kappa shape index (κ3) is 5.78. The minimum Gasteiger partial charge on any atom is -0.389 e. The minimum absolute atomic E-state index is 0.205. The third-order valence-electron chi connectivity index (χ3n) is 3.14.